The third-order valence-electron chi connectivity index (χ3n) is 4.37. The SMILES string of the molecule is CCN(CC)CCNC(=O)c1cc(N2C[C@@H](C)O[C@@H](C)C2)ccn1. The minimum atomic E-state index is -0.113. The highest BCUT2D eigenvalue weighted by Gasteiger charge is 2.23. The Balaban J connectivity index is 1.95. The highest BCUT2D eigenvalue weighted by atomic mass is 16.5. The van der Waals surface area contributed by atoms with Crippen LogP contribution in [0, 0.1) is 0 Å². The fraction of sp³-hybridized carbons (Fsp3) is 0.667. The van der Waals surface area contributed by atoms with E-state index in [2.05, 4.69) is 47.8 Å². The number of carbonyl (C=O) groups excluding carboxylic acids is 1. The Kier molecular flexibility index (Phi) is 6.99. The molecule has 0 radical (unpaired) electrons. The lowest BCUT2D eigenvalue weighted by Gasteiger charge is -2.36. The van der Waals surface area contributed by atoms with E-state index in [9.17, 15) is 4.79 Å². The molecule has 0 aliphatic carbocycles. The van der Waals surface area contributed by atoms with Crippen molar-refractivity contribution < 1.29 is 9.53 Å². The number of hydrogen-bond acceptors (Lipinski definition) is 5. The van der Waals surface area contributed by atoms with Gasteiger partial charge in [0.25, 0.3) is 5.91 Å². The molecule has 6 nitrogen and oxygen atoms in total. The van der Waals surface area contributed by atoms with E-state index in [0.29, 0.717) is 12.2 Å². The average molecular weight is 334 g/mol. The van der Waals surface area contributed by atoms with Gasteiger partial charge in [-0.15, -0.1) is 0 Å². The van der Waals surface area contributed by atoms with Crippen LogP contribution >= 0.6 is 0 Å². The minimum absolute atomic E-state index is 0.113. The van der Waals surface area contributed by atoms with Crippen molar-refractivity contribution >= 4 is 11.6 Å². The number of nitrogens with zero attached hydrogens (tertiary/aromatic N) is 3. The van der Waals surface area contributed by atoms with Crippen LogP contribution < -0.4 is 10.2 Å². The number of pyridine rings is 1. The number of anilines is 1. The normalized spacial score (nSPS) is 21.1. The topological polar surface area (TPSA) is 57.7 Å². The van der Waals surface area contributed by atoms with E-state index in [1.54, 1.807) is 6.20 Å². The maximum Gasteiger partial charge on any atom is 0.269 e. The Morgan fingerprint density at radius 1 is 1.33 bits per heavy atom. The van der Waals surface area contributed by atoms with Crippen molar-refractivity contribution in [3.63, 3.8) is 0 Å². The van der Waals surface area contributed by atoms with Crippen molar-refractivity contribution in [1.82, 2.24) is 15.2 Å². The summed E-state index contributed by atoms with van der Waals surface area (Å²) in [6.07, 6.45) is 2.08. The van der Waals surface area contributed by atoms with Gasteiger partial charge < -0.3 is 19.9 Å². The van der Waals surface area contributed by atoms with Crippen molar-refractivity contribution in [3.05, 3.63) is 24.0 Å². The monoisotopic (exact) mass is 334 g/mol. The Bertz CT molecular complexity index is 524. The van der Waals surface area contributed by atoms with E-state index < -0.39 is 0 Å². The molecule has 2 rings (SSSR count). The van der Waals surface area contributed by atoms with Crippen LogP contribution in [0.2, 0.25) is 0 Å². The smallest absolute Gasteiger partial charge is 0.269 e. The second kappa shape index (κ2) is 8.99. The number of aromatic nitrogens is 1. The second-order valence-electron chi connectivity index (χ2n) is 6.34. The number of likely N-dealkylation sites (N-methyl/N-ethyl adjacent to an activating group) is 1. The molecule has 0 unspecified atom stereocenters. The maximum absolute atomic E-state index is 12.3. The summed E-state index contributed by atoms with van der Waals surface area (Å²) in [5, 5.41) is 2.96. The molecule has 2 heterocycles. The van der Waals surface area contributed by atoms with Crippen LogP contribution in [-0.2, 0) is 4.74 Å². The van der Waals surface area contributed by atoms with Gasteiger partial charge in [-0.3, -0.25) is 9.78 Å². The first-order chi connectivity index (χ1) is 11.5. The largest absolute Gasteiger partial charge is 0.372 e. The molecule has 1 saturated heterocycles. The predicted octanol–water partition coefficient (Wildman–Crippen LogP) is 1.77. The number of morpholine rings is 1. The predicted molar refractivity (Wildman–Crippen MR) is 96.6 cm³/mol. The molecule has 1 fully saturated rings. The number of hydrogen-bond donors (Lipinski definition) is 1. The van der Waals surface area contributed by atoms with Crippen molar-refractivity contribution in [2.45, 2.75) is 39.9 Å². The summed E-state index contributed by atoms with van der Waals surface area (Å²) < 4.78 is 5.77. The number of rotatable bonds is 7. The van der Waals surface area contributed by atoms with E-state index >= 15 is 0 Å². The summed E-state index contributed by atoms with van der Waals surface area (Å²) in [6.45, 7) is 13.5. The Morgan fingerprint density at radius 2 is 2.00 bits per heavy atom. The zero-order valence-corrected chi connectivity index (χ0v) is 15.3. The molecule has 0 spiro atoms. The third-order valence-corrected chi connectivity index (χ3v) is 4.37. The molecule has 6 heteroatoms. The van der Waals surface area contributed by atoms with E-state index in [1.807, 2.05) is 12.1 Å². The van der Waals surface area contributed by atoms with Crippen LogP contribution in [-0.4, -0.2) is 67.3 Å². The summed E-state index contributed by atoms with van der Waals surface area (Å²) in [5.74, 6) is -0.113. The molecule has 2 atom stereocenters. The van der Waals surface area contributed by atoms with Gasteiger partial charge in [0.15, 0.2) is 0 Å². The summed E-state index contributed by atoms with van der Waals surface area (Å²) in [7, 11) is 0. The molecule has 1 aromatic rings. The van der Waals surface area contributed by atoms with Gasteiger partial charge in [0.1, 0.15) is 5.69 Å². The Labute approximate surface area is 145 Å². The molecule has 1 aromatic heterocycles. The Hall–Kier alpha value is -1.66. The molecular formula is C18H30N4O2. The van der Waals surface area contributed by atoms with Gasteiger partial charge >= 0.3 is 0 Å². The first-order valence-electron chi connectivity index (χ1n) is 8.90. The molecule has 1 N–H and O–H groups in total. The fourth-order valence-electron chi connectivity index (χ4n) is 3.09. The van der Waals surface area contributed by atoms with E-state index in [4.69, 9.17) is 4.74 Å². The van der Waals surface area contributed by atoms with Gasteiger partial charge in [-0.1, -0.05) is 13.8 Å². The Morgan fingerprint density at radius 3 is 2.62 bits per heavy atom. The highest BCUT2D eigenvalue weighted by molar-refractivity contribution is 5.93. The lowest BCUT2D eigenvalue weighted by atomic mass is 10.2. The molecule has 0 bridgehead atoms. The summed E-state index contributed by atoms with van der Waals surface area (Å²) in [6, 6.07) is 3.83. The number of nitrogens with one attached hydrogen (secondary N) is 1. The van der Waals surface area contributed by atoms with Crippen molar-refractivity contribution in [2.75, 3.05) is 44.2 Å². The van der Waals surface area contributed by atoms with Gasteiger partial charge in [0.05, 0.1) is 12.2 Å². The quantitative estimate of drug-likeness (QED) is 0.823. The lowest BCUT2D eigenvalue weighted by molar-refractivity contribution is -0.00522. The van der Waals surface area contributed by atoms with Crippen LogP contribution in [0.15, 0.2) is 18.3 Å². The lowest BCUT2D eigenvalue weighted by Crippen LogP contribution is -2.45. The van der Waals surface area contributed by atoms with Crippen LogP contribution in [0.25, 0.3) is 0 Å². The van der Waals surface area contributed by atoms with Crippen LogP contribution in [0.3, 0.4) is 0 Å². The van der Waals surface area contributed by atoms with Crippen molar-refractivity contribution in [1.29, 1.82) is 0 Å². The van der Waals surface area contributed by atoms with Gasteiger partial charge in [-0.2, -0.15) is 0 Å². The molecule has 1 aliphatic heterocycles. The molecule has 1 aliphatic rings. The van der Waals surface area contributed by atoms with E-state index in [1.165, 1.54) is 0 Å². The number of ether oxygens (including phenoxy) is 1. The first kappa shape index (κ1) is 18.7. The van der Waals surface area contributed by atoms with E-state index in [-0.39, 0.29) is 18.1 Å². The number of amides is 1. The van der Waals surface area contributed by atoms with E-state index in [0.717, 1.165) is 38.4 Å². The van der Waals surface area contributed by atoms with Crippen LogP contribution in [0.5, 0.6) is 0 Å². The van der Waals surface area contributed by atoms with Gasteiger partial charge in [-0.05, 0) is 39.1 Å². The molecule has 0 aromatic carbocycles. The minimum Gasteiger partial charge on any atom is -0.372 e. The van der Waals surface area contributed by atoms with Gasteiger partial charge in [0.2, 0.25) is 0 Å². The summed E-state index contributed by atoms with van der Waals surface area (Å²) in [5.41, 5.74) is 1.50. The molecule has 1 amide bonds. The highest BCUT2D eigenvalue weighted by Crippen LogP contribution is 2.20. The standard InChI is InChI=1S/C18H30N4O2/c1-5-21(6-2)10-9-20-18(23)17-11-16(7-8-19-17)22-12-14(3)24-15(4)13-22/h7-8,11,14-15H,5-6,9-10,12-13H2,1-4H3,(H,20,23)/t14-,15+. The average Bonchev–Trinajstić information content (AvgIpc) is 2.58. The zero-order chi connectivity index (χ0) is 17.5. The molecule has 134 valence electrons. The maximum atomic E-state index is 12.3. The van der Waals surface area contributed by atoms with Gasteiger partial charge in [0, 0.05) is 38.1 Å². The van der Waals surface area contributed by atoms with Crippen molar-refractivity contribution in [2.24, 2.45) is 0 Å². The van der Waals surface area contributed by atoms with Crippen LogP contribution in [0.1, 0.15) is 38.2 Å². The molecule has 24 heavy (non-hydrogen) atoms. The van der Waals surface area contributed by atoms with Crippen LogP contribution in [0.4, 0.5) is 5.69 Å². The third kappa shape index (κ3) is 5.18. The fourth-order valence-corrected chi connectivity index (χ4v) is 3.09. The summed E-state index contributed by atoms with van der Waals surface area (Å²) in [4.78, 5) is 21.1. The summed E-state index contributed by atoms with van der Waals surface area (Å²) >= 11 is 0. The van der Waals surface area contributed by atoms with Gasteiger partial charge in [-0.25, -0.2) is 0 Å². The first-order valence-corrected chi connectivity index (χ1v) is 8.90. The zero-order valence-electron chi connectivity index (χ0n) is 15.3. The van der Waals surface area contributed by atoms with Crippen molar-refractivity contribution in [3.8, 4) is 0 Å². The second-order valence-corrected chi connectivity index (χ2v) is 6.34. The molecule has 0 saturated carbocycles. The molecular weight excluding hydrogens is 304 g/mol. The number of carbonyl (C=O) groups is 1.